The number of halogens is 1. The number of hydrogen-bond donors (Lipinski definition) is 1. The molecule has 0 aromatic carbocycles. The average Bonchev–Trinajstić information content (AvgIpc) is 3.01. The molecule has 0 aliphatic carbocycles. The summed E-state index contributed by atoms with van der Waals surface area (Å²) >= 11 is 6.11. The normalized spacial score (nSPS) is 17.3. The maximum absolute atomic E-state index is 12.8. The van der Waals surface area contributed by atoms with E-state index >= 15 is 0 Å². The van der Waals surface area contributed by atoms with Gasteiger partial charge in [-0.05, 0) is 24.6 Å². The average molecular weight is 328 g/mol. The lowest BCUT2D eigenvalue weighted by Gasteiger charge is -2.34. The van der Waals surface area contributed by atoms with Gasteiger partial charge in [-0.25, -0.2) is 9.97 Å². The lowest BCUT2D eigenvalue weighted by molar-refractivity contribution is 0.0665. The van der Waals surface area contributed by atoms with Crippen LogP contribution in [0.25, 0.3) is 11.2 Å². The van der Waals surface area contributed by atoms with E-state index in [1.54, 1.807) is 23.4 Å². The molecule has 1 aliphatic rings. The van der Waals surface area contributed by atoms with Crippen molar-refractivity contribution >= 4 is 28.7 Å². The van der Waals surface area contributed by atoms with Crippen molar-refractivity contribution in [1.82, 2.24) is 24.8 Å². The number of pyridine rings is 2. The van der Waals surface area contributed by atoms with Crippen LogP contribution in [0.4, 0.5) is 0 Å². The van der Waals surface area contributed by atoms with Crippen LogP contribution in [0.15, 0.2) is 30.6 Å². The van der Waals surface area contributed by atoms with Crippen molar-refractivity contribution in [2.24, 2.45) is 0 Å². The van der Waals surface area contributed by atoms with E-state index in [1.807, 2.05) is 19.1 Å². The highest BCUT2D eigenvalue weighted by Gasteiger charge is 2.30. The topological polar surface area (TPSA) is 74.8 Å². The molecule has 0 saturated heterocycles. The van der Waals surface area contributed by atoms with Gasteiger partial charge < -0.3 is 9.88 Å². The maximum Gasteiger partial charge on any atom is 0.290 e. The standard InChI is InChI=1S/C16H14ClN5O/c1-9-10-3-2-6-18-12(10)5-8-22(9)16(23)15-20-13-11(17)4-7-19-14(13)21-15/h2-4,6-7,9H,5,8H2,1H3,(H,19,20,21)/t9-/m1/s1. The molecule has 7 heteroatoms. The summed E-state index contributed by atoms with van der Waals surface area (Å²) in [4.78, 5) is 30.4. The van der Waals surface area contributed by atoms with Crippen molar-refractivity contribution in [1.29, 1.82) is 0 Å². The molecule has 6 nitrogen and oxygen atoms in total. The van der Waals surface area contributed by atoms with Crippen LogP contribution in [0.5, 0.6) is 0 Å². The van der Waals surface area contributed by atoms with Gasteiger partial charge >= 0.3 is 0 Å². The molecule has 116 valence electrons. The van der Waals surface area contributed by atoms with E-state index in [9.17, 15) is 4.79 Å². The first-order valence-corrected chi connectivity index (χ1v) is 7.78. The lowest BCUT2D eigenvalue weighted by Crippen LogP contribution is -2.39. The number of rotatable bonds is 1. The van der Waals surface area contributed by atoms with Crippen molar-refractivity contribution < 1.29 is 4.79 Å². The number of amides is 1. The van der Waals surface area contributed by atoms with Crippen molar-refractivity contribution in [3.8, 4) is 0 Å². The van der Waals surface area contributed by atoms with Crippen molar-refractivity contribution in [2.75, 3.05) is 6.54 Å². The summed E-state index contributed by atoms with van der Waals surface area (Å²) in [5.74, 6) is 0.112. The summed E-state index contributed by atoms with van der Waals surface area (Å²) < 4.78 is 0. The van der Waals surface area contributed by atoms with E-state index in [1.165, 1.54) is 0 Å². The molecule has 0 spiro atoms. The van der Waals surface area contributed by atoms with Crippen molar-refractivity contribution in [3.05, 3.63) is 52.7 Å². The third-order valence-electron chi connectivity index (χ3n) is 4.24. The van der Waals surface area contributed by atoms with Gasteiger partial charge in [0.2, 0.25) is 0 Å². The highest BCUT2D eigenvalue weighted by molar-refractivity contribution is 6.34. The van der Waals surface area contributed by atoms with E-state index in [2.05, 4.69) is 19.9 Å². The Morgan fingerprint density at radius 2 is 2.22 bits per heavy atom. The Balaban J connectivity index is 1.70. The second-order valence-electron chi connectivity index (χ2n) is 5.54. The van der Waals surface area contributed by atoms with Gasteiger partial charge in [-0.1, -0.05) is 17.7 Å². The largest absolute Gasteiger partial charge is 0.331 e. The van der Waals surface area contributed by atoms with Gasteiger partial charge in [-0.3, -0.25) is 9.78 Å². The summed E-state index contributed by atoms with van der Waals surface area (Å²) in [6.07, 6.45) is 4.10. The summed E-state index contributed by atoms with van der Waals surface area (Å²) in [6, 6.07) is 5.54. The predicted molar refractivity (Wildman–Crippen MR) is 86.3 cm³/mol. The highest BCUT2D eigenvalue weighted by atomic mass is 35.5. The molecule has 1 amide bonds. The number of aromatic nitrogens is 4. The molecule has 4 rings (SSSR count). The molecule has 1 aliphatic heterocycles. The summed E-state index contributed by atoms with van der Waals surface area (Å²) in [6.45, 7) is 2.62. The molecule has 0 fully saturated rings. The molecule has 23 heavy (non-hydrogen) atoms. The SMILES string of the molecule is C[C@@H]1c2cccnc2CCN1C(=O)c1nc2nccc(Cl)c2[nH]1. The quantitative estimate of drug-likeness (QED) is 0.745. The Labute approximate surface area is 137 Å². The van der Waals surface area contributed by atoms with Crippen LogP contribution in [0.3, 0.4) is 0 Å². The van der Waals surface area contributed by atoms with Crippen molar-refractivity contribution in [3.63, 3.8) is 0 Å². The molecule has 3 aromatic heterocycles. The van der Waals surface area contributed by atoms with Crippen LogP contribution in [0, 0.1) is 0 Å². The molecule has 0 saturated carbocycles. The van der Waals surface area contributed by atoms with Crippen LogP contribution in [-0.4, -0.2) is 37.3 Å². The Morgan fingerprint density at radius 1 is 1.35 bits per heavy atom. The number of carbonyl (C=O) groups is 1. The predicted octanol–water partition coefficient (Wildman–Crippen LogP) is 2.77. The summed E-state index contributed by atoms with van der Waals surface area (Å²) in [5.41, 5.74) is 3.18. The summed E-state index contributed by atoms with van der Waals surface area (Å²) in [5, 5.41) is 0.503. The Morgan fingerprint density at radius 3 is 3.04 bits per heavy atom. The lowest BCUT2D eigenvalue weighted by atomic mass is 9.98. The minimum absolute atomic E-state index is 0.0448. The molecule has 0 radical (unpaired) electrons. The molecule has 0 bridgehead atoms. The van der Waals surface area contributed by atoms with E-state index in [-0.39, 0.29) is 17.8 Å². The Bertz CT molecular complexity index is 906. The highest BCUT2D eigenvalue weighted by Crippen LogP contribution is 2.29. The molecule has 4 heterocycles. The minimum atomic E-state index is -0.152. The molecule has 1 atom stereocenters. The number of H-pyrrole nitrogens is 1. The van der Waals surface area contributed by atoms with Crippen LogP contribution >= 0.6 is 11.6 Å². The fraction of sp³-hybridized carbons (Fsp3) is 0.250. The van der Waals surface area contributed by atoms with Gasteiger partial charge in [0, 0.05) is 31.1 Å². The van der Waals surface area contributed by atoms with Gasteiger partial charge in [-0.15, -0.1) is 0 Å². The van der Waals surface area contributed by atoms with Gasteiger partial charge in [0.1, 0.15) is 5.52 Å². The van der Waals surface area contributed by atoms with E-state index in [4.69, 9.17) is 11.6 Å². The first kappa shape index (κ1) is 14.1. The summed E-state index contributed by atoms with van der Waals surface area (Å²) in [7, 11) is 0. The van der Waals surface area contributed by atoms with E-state index < -0.39 is 0 Å². The first-order chi connectivity index (χ1) is 11.1. The minimum Gasteiger partial charge on any atom is -0.331 e. The number of carbonyl (C=O) groups excluding carboxylic acids is 1. The zero-order chi connectivity index (χ0) is 16.0. The number of nitrogens with one attached hydrogen (secondary N) is 1. The second kappa shape index (κ2) is 5.31. The van der Waals surface area contributed by atoms with Crippen molar-refractivity contribution in [2.45, 2.75) is 19.4 Å². The van der Waals surface area contributed by atoms with Crippen LogP contribution in [-0.2, 0) is 6.42 Å². The maximum atomic E-state index is 12.8. The Hall–Kier alpha value is -2.47. The van der Waals surface area contributed by atoms with E-state index in [0.29, 0.717) is 22.7 Å². The van der Waals surface area contributed by atoms with Gasteiger partial charge in [0.05, 0.1) is 11.1 Å². The number of imidazole rings is 1. The Kier molecular flexibility index (Phi) is 3.27. The van der Waals surface area contributed by atoms with Crippen LogP contribution in [0.2, 0.25) is 5.02 Å². The monoisotopic (exact) mass is 327 g/mol. The van der Waals surface area contributed by atoms with Crippen LogP contribution in [0.1, 0.15) is 34.8 Å². The molecular formula is C16H14ClN5O. The number of aromatic amines is 1. The smallest absolute Gasteiger partial charge is 0.290 e. The van der Waals surface area contributed by atoms with E-state index in [0.717, 1.165) is 17.7 Å². The molecule has 1 N–H and O–H groups in total. The zero-order valence-electron chi connectivity index (χ0n) is 12.5. The number of nitrogens with zero attached hydrogens (tertiary/aromatic N) is 4. The molecular weight excluding hydrogens is 314 g/mol. The molecule has 0 unspecified atom stereocenters. The fourth-order valence-corrected chi connectivity index (χ4v) is 3.21. The third-order valence-corrected chi connectivity index (χ3v) is 4.55. The van der Waals surface area contributed by atoms with Gasteiger partial charge in [0.15, 0.2) is 11.5 Å². The molecule has 3 aromatic rings. The zero-order valence-corrected chi connectivity index (χ0v) is 13.2. The second-order valence-corrected chi connectivity index (χ2v) is 5.95. The third kappa shape index (κ3) is 2.26. The number of hydrogen-bond acceptors (Lipinski definition) is 4. The fourth-order valence-electron chi connectivity index (χ4n) is 3.02. The number of fused-ring (bicyclic) bond motifs is 2. The van der Waals surface area contributed by atoms with Gasteiger partial charge in [-0.2, -0.15) is 0 Å². The van der Waals surface area contributed by atoms with Crippen LogP contribution < -0.4 is 0 Å². The van der Waals surface area contributed by atoms with Gasteiger partial charge in [0.25, 0.3) is 5.91 Å². The first-order valence-electron chi connectivity index (χ1n) is 7.40.